The van der Waals surface area contributed by atoms with E-state index >= 15 is 0 Å². The molecule has 1 atom stereocenters. The van der Waals surface area contributed by atoms with Gasteiger partial charge in [-0.3, -0.25) is 0 Å². The van der Waals surface area contributed by atoms with Crippen LogP contribution in [-0.4, -0.2) is 0 Å². The lowest BCUT2D eigenvalue weighted by Gasteiger charge is -2.32. The van der Waals surface area contributed by atoms with Crippen LogP contribution >= 0.6 is 0 Å². The first-order chi connectivity index (χ1) is 8.62. The maximum Gasteiger partial charge on any atom is 0.0383 e. The lowest BCUT2D eigenvalue weighted by Crippen LogP contribution is -2.35. The maximum absolute atomic E-state index is 6.56. The van der Waals surface area contributed by atoms with Crippen LogP contribution in [0.25, 0.3) is 0 Å². The number of nitrogens with two attached hydrogens (primary N) is 1. The molecule has 2 rings (SSSR count). The number of hydrogen-bond donors (Lipinski definition) is 1. The van der Waals surface area contributed by atoms with Crippen molar-refractivity contribution in [2.75, 3.05) is 0 Å². The van der Waals surface area contributed by atoms with Crippen molar-refractivity contribution in [1.82, 2.24) is 0 Å². The second kappa shape index (κ2) is 5.88. The smallest absolute Gasteiger partial charge is 0.0383 e. The molecular weight excluding hydrogens is 218 g/mol. The van der Waals surface area contributed by atoms with E-state index in [4.69, 9.17) is 5.73 Å². The Kier molecular flexibility index (Phi) is 4.45. The van der Waals surface area contributed by atoms with Crippen LogP contribution in [0, 0.1) is 5.92 Å². The van der Waals surface area contributed by atoms with Crippen LogP contribution in [-0.2, 0) is 12.0 Å². The average molecular weight is 245 g/mol. The first-order valence-corrected chi connectivity index (χ1v) is 7.50. The molecule has 0 bridgehead atoms. The molecule has 0 radical (unpaired) electrons. The van der Waals surface area contributed by atoms with Gasteiger partial charge >= 0.3 is 0 Å². The van der Waals surface area contributed by atoms with Gasteiger partial charge in [-0.25, -0.2) is 0 Å². The van der Waals surface area contributed by atoms with Gasteiger partial charge in [-0.2, -0.15) is 0 Å². The fourth-order valence-corrected chi connectivity index (χ4v) is 3.23. The van der Waals surface area contributed by atoms with Gasteiger partial charge in [0.15, 0.2) is 0 Å². The van der Waals surface area contributed by atoms with E-state index in [1.165, 1.54) is 43.2 Å². The summed E-state index contributed by atoms with van der Waals surface area (Å²) in [6.45, 7) is 4.39. The van der Waals surface area contributed by atoms with Crippen molar-refractivity contribution in [3.63, 3.8) is 0 Å². The molecule has 0 spiro atoms. The lowest BCUT2D eigenvalue weighted by atomic mass is 9.77. The molecule has 1 aliphatic rings. The van der Waals surface area contributed by atoms with Gasteiger partial charge in [0.1, 0.15) is 0 Å². The van der Waals surface area contributed by atoms with Gasteiger partial charge in [0.25, 0.3) is 0 Å². The van der Waals surface area contributed by atoms with Gasteiger partial charge in [0, 0.05) is 5.54 Å². The summed E-state index contributed by atoms with van der Waals surface area (Å²) in [5, 5.41) is 0. The van der Waals surface area contributed by atoms with Crippen molar-refractivity contribution in [2.24, 2.45) is 11.7 Å². The van der Waals surface area contributed by atoms with Crippen LogP contribution in [0.2, 0.25) is 0 Å². The van der Waals surface area contributed by atoms with Gasteiger partial charge in [-0.05, 0) is 36.8 Å². The molecule has 1 saturated carbocycles. The quantitative estimate of drug-likeness (QED) is 0.836. The zero-order valence-electron chi connectivity index (χ0n) is 11.9. The Morgan fingerprint density at radius 3 is 2.28 bits per heavy atom. The van der Waals surface area contributed by atoms with Crippen molar-refractivity contribution in [2.45, 2.75) is 64.3 Å². The Hall–Kier alpha value is -0.820. The van der Waals surface area contributed by atoms with Crippen molar-refractivity contribution in [3.05, 3.63) is 35.4 Å². The van der Waals surface area contributed by atoms with Crippen LogP contribution in [0.5, 0.6) is 0 Å². The zero-order chi connectivity index (χ0) is 13.0. The van der Waals surface area contributed by atoms with Crippen LogP contribution < -0.4 is 5.73 Å². The van der Waals surface area contributed by atoms with E-state index in [0.29, 0.717) is 0 Å². The minimum Gasteiger partial charge on any atom is -0.322 e. The highest BCUT2D eigenvalue weighted by molar-refractivity contribution is 5.27. The fourth-order valence-electron chi connectivity index (χ4n) is 3.23. The SMILES string of the molecule is CCc1ccc(C(C)(N)CC2CCCCC2)cc1. The van der Waals surface area contributed by atoms with Crippen molar-refractivity contribution in [3.8, 4) is 0 Å². The van der Waals surface area contributed by atoms with E-state index in [-0.39, 0.29) is 5.54 Å². The maximum atomic E-state index is 6.56. The largest absolute Gasteiger partial charge is 0.322 e. The zero-order valence-corrected chi connectivity index (χ0v) is 11.9. The highest BCUT2D eigenvalue weighted by atomic mass is 14.7. The average Bonchev–Trinajstić information content (AvgIpc) is 2.39. The summed E-state index contributed by atoms with van der Waals surface area (Å²) in [5.74, 6) is 0.833. The minimum atomic E-state index is -0.158. The summed E-state index contributed by atoms with van der Waals surface area (Å²) in [7, 11) is 0. The van der Waals surface area contributed by atoms with Gasteiger partial charge in [-0.1, -0.05) is 63.3 Å². The Balaban J connectivity index is 2.03. The van der Waals surface area contributed by atoms with Crippen molar-refractivity contribution >= 4 is 0 Å². The Morgan fingerprint density at radius 2 is 1.72 bits per heavy atom. The van der Waals surface area contributed by atoms with Crippen molar-refractivity contribution < 1.29 is 0 Å². The first-order valence-electron chi connectivity index (χ1n) is 7.50. The van der Waals surface area contributed by atoms with Crippen LogP contribution in [0.1, 0.15) is 63.5 Å². The predicted molar refractivity (Wildman–Crippen MR) is 78.6 cm³/mol. The molecule has 1 aliphatic carbocycles. The number of aryl methyl sites for hydroxylation is 1. The van der Waals surface area contributed by atoms with Crippen LogP contribution in [0.15, 0.2) is 24.3 Å². The summed E-state index contributed by atoms with van der Waals surface area (Å²) >= 11 is 0. The number of hydrogen-bond acceptors (Lipinski definition) is 1. The molecule has 0 aliphatic heterocycles. The molecule has 1 unspecified atom stereocenters. The molecule has 1 aromatic rings. The highest BCUT2D eigenvalue weighted by Crippen LogP contribution is 2.34. The van der Waals surface area contributed by atoms with Gasteiger partial charge in [-0.15, -0.1) is 0 Å². The third kappa shape index (κ3) is 3.35. The fraction of sp³-hybridized carbons (Fsp3) is 0.647. The van der Waals surface area contributed by atoms with Gasteiger partial charge in [0.05, 0.1) is 0 Å². The van der Waals surface area contributed by atoms with E-state index in [9.17, 15) is 0 Å². The first kappa shape index (κ1) is 13.6. The topological polar surface area (TPSA) is 26.0 Å². The van der Waals surface area contributed by atoms with Gasteiger partial charge in [0.2, 0.25) is 0 Å². The molecule has 1 fully saturated rings. The molecule has 18 heavy (non-hydrogen) atoms. The third-order valence-corrected chi connectivity index (χ3v) is 4.46. The third-order valence-electron chi connectivity index (χ3n) is 4.46. The monoisotopic (exact) mass is 245 g/mol. The highest BCUT2D eigenvalue weighted by Gasteiger charge is 2.26. The predicted octanol–water partition coefficient (Wildman–Crippen LogP) is 4.39. The minimum absolute atomic E-state index is 0.158. The van der Waals surface area contributed by atoms with Crippen LogP contribution in [0.4, 0.5) is 0 Å². The van der Waals surface area contributed by atoms with E-state index in [1.54, 1.807) is 0 Å². The normalized spacial score (nSPS) is 20.6. The Bertz CT molecular complexity index is 358. The molecule has 2 N–H and O–H groups in total. The Morgan fingerprint density at radius 1 is 1.11 bits per heavy atom. The molecule has 0 aromatic heterocycles. The second-order valence-electron chi connectivity index (χ2n) is 6.18. The summed E-state index contributed by atoms with van der Waals surface area (Å²) in [4.78, 5) is 0. The molecule has 0 saturated heterocycles. The number of rotatable bonds is 4. The molecule has 0 amide bonds. The van der Waals surface area contributed by atoms with Crippen LogP contribution in [0.3, 0.4) is 0 Å². The lowest BCUT2D eigenvalue weighted by molar-refractivity contribution is 0.272. The molecule has 1 nitrogen and oxygen atoms in total. The molecular formula is C17H27N. The van der Waals surface area contributed by atoms with Crippen molar-refractivity contribution in [1.29, 1.82) is 0 Å². The van der Waals surface area contributed by atoms with E-state index in [0.717, 1.165) is 18.8 Å². The van der Waals surface area contributed by atoms with E-state index in [2.05, 4.69) is 38.1 Å². The second-order valence-corrected chi connectivity index (χ2v) is 6.18. The molecule has 1 aromatic carbocycles. The summed E-state index contributed by atoms with van der Waals surface area (Å²) in [6.07, 6.45) is 9.20. The molecule has 1 heteroatoms. The standard InChI is InChI=1S/C17H27N/c1-3-14-9-11-16(12-10-14)17(2,18)13-15-7-5-4-6-8-15/h9-12,15H,3-8,13,18H2,1-2H3. The Labute approximate surface area is 112 Å². The summed E-state index contributed by atoms with van der Waals surface area (Å²) in [6, 6.07) is 8.89. The number of benzene rings is 1. The molecule has 100 valence electrons. The summed E-state index contributed by atoms with van der Waals surface area (Å²) < 4.78 is 0. The van der Waals surface area contributed by atoms with Gasteiger partial charge < -0.3 is 5.73 Å². The van der Waals surface area contributed by atoms with E-state index in [1.807, 2.05) is 0 Å². The summed E-state index contributed by atoms with van der Waals surface area (Å²) in [5.41, 5.74) is 9.09. The van der Waals surface area contributed by atoms with E-state index < -0.39 is 0 Å². The molecule has 0 heterocycles.